The molecular weight excluding hydrogens is 314 g/mol. The molecule has 2 aromatic heterocycles. The van der Waals surface area contributed by atoms with Gasteiger partial charge in [-0.25, -0.2) is 0 Å². The quantitative estimate of drug-likeness (QED) is 0.674. The van der Waals surface area contributed by atoms with Crippen LogP contribution < -0.4 is 10.5 Å². The van der Waals surface area contributed by atoms with Crippen LogP contribution >= 0.6 is 23.6 Å². The first-order valence-electron chi connectivity index (χ1n) is 6.76. The van der Waals surface area contributed by atoms with E-state index in [0.29, 0.717) is 20.6 Å². The first kappa shape index (κ1) is 14.7. The molecule has 0 saturated heterocycles. The second-order valence-electron chi connectivity index (χ2n) is 4.89. The number of ether oxygens (including phenoxy) is 1. The number of nitriles is 1. The van der Waals surface area contributed by atoms with Crippen molar-refractivity contribution in [1.29, 1.82) is 5.26 Å². The number of hydrogen-bond donors (Lipinski definition) is 1. The van der Waals surface area contributed by atoms with Crippen LogP contribution in [0.25, 0.3) is 0 Å². The van der Waals surface area contributed by atoms with Gasteiger partial charge in [-0.15, -0.1) is 0 Å². The van der Waals surface area contributed by atoms with Gasteiger partial charge in [0.25, 0.3) is 0 Å². The lowest BCUT2D eigenvalue weighted by Gasteiger charge is -2.17. The average Bonchev–Trinajstić information content (AvgIpc) is 2.88. The van der Waals surface area contributed by atoms with Crippen LogP contribution in [0.5, 0.6) is 10.8 Å². The molecule has 3 rings (SSSR count). The topological polar surface area (TPSA) is 71.9 Å². The minimum Gasteiger partial charge on any atom is -0.444 e. The number of allylic oxidation sites excluding steroid dienone is 1. The summed E-state index contributed by atoms with van der Waals surface area (Å²) in [4.78, 5) is 5.55. The highest BCUT2D eigenvalue weighted by atomic mass is 32.1. The van der Waals surface area contributed by atoms with Gasteiger partial charge >= 0.3 is 0 Å². The lowest BCUT2D eigenvalue weighted by Crippen LogP contribution is -2.14. The summed E-state index contributed by atoms with van der Waals surface area (Å²) in [7, 11) is 0. The Balaban J connectivity index is 2.10. The van der Waals surface area contributed by atoms with Crippen molar-refractivity contribution in [3.8, 4) is 16.9 Å². The molecule has 110 valence electrons. The van der Waals surface area contributed by atoms with Crippen LogP contribution in [0.4, 0.5) is 0 Å². The van der Waals surface area contributed by atoms with Crippen molar-refractivity contribution < 1.29 is 4.74 Å². The standard InChI is InChI=1S/C16H13N3OS2/c1-9-12(3-2-6-19-9)20-16-14-11(13(8-18)22-16)5-4-10(7-17)15(14)21/h2-3,6-7H,4-5,17H2,1H3. The number of thiocarbonyl (C=S) groups is 1. The number of rotatable bonds is 2. The highest BCUT2D eigenvalue weighted by molar-refractivity contribution is 7.81. The monoisotopic (exact) mass is 327 g/mol. The zero-order chi connectivity index (χ0) is 15.7. The molecule has 0 fully saturated rings. The molecule has 0 unspecified atom stereocenters. The minimum atomic E-state index is 0.645. The molecule has 0 atom stereocenters. The van der Waals surface area contributed by atoms with Gasteiger partial charge in [-0.1, -0.05) is 23.6 Å². The van der Waals surface area contributed by atoms with Crippen molar-refractivity contribution in [3.05, 3.63) is 51.8 Å². The third-order valence-electron chi connectivity index (χ3n) is 3.60. The molecule has 6 heteroatoms. The van der Waals surface area contributed by atoms with Gasteiger partial charge in [-0.3, -0.25) is 4.98 Å². The zero-order valence-electron chi connectivity index (χ0n) is 11.9. The average molecular weight is 327 g/mol. The van der Waals surface area contributed by atoms with E-state index in [0.717, 1.165) is 35.2 Å². The lowest BCUT2D eigenvalue weighted by atomic mass is 9.89. The summed E-state index contributed by atoms with van der Waals surface area (Å²) in [6.07, 6.45) is 4.78. The summed E-state index contributed by atoms with van der Waals surface area (Å²) in [6, 6.07) is 5.91. The fraction of sp³-hybridized carbons (Fsp3) is 0.188. The van der Waals surface area contributed by atoms with Gasteiger partial charge in [0.05, 0.1) is 16.1 Å². The predicted octanol–water partition coefficient (Wildman–Crippen LogP) is 3.62. The van der Waals surface area contributed by atoms with E-state index >= 15 is 0 Å². The van der Waals surface area contributed by atoms with Gasteiger partial charge in [-0.05, 0) is 49.2 Å². The number of thiophene rings is 1. The van der Waals surface area contributed by atoms with Gasteiger partial charge in [0.1, 0.15) is 16.7 Å². The van der Waals surface area contributed by atoms with E-state index in [1.165, 1.54) is 11.3 Å². The number of nitrogens with two attached hydrogens (primary N) is 1. The van der Waals surface area contributed by atoms with Crippen molar-refractivity contribution in [3.63, 3.8) is 0 Å². The Morgan fingerprint density at radius 3 is 3.00 bits per heavy atom. The molecular formula is C16H13N3OS2. The third kappa shape index (κ3) is 2.39. The first-order chi connectivity index (χ1) is 10.7. The van der Waals surface area contributed by atoms with E-state index in [2.05, 4.69) is 11.1 Å². The summed E-state index contributed by atoms with van der Waals surface area (Å²) in [5.41, 5.74) is 9.18. The van der Waals surface area contributed by atoms with E-state index in [-0.39, 0.29) is 0 Å². The predicted molar refractivity (Wildman–Crippen MR) is 90.4 cm³/mol. The first-order valence-corrected chi connectivity index (χ1v) is 7.99. The van der Waals surface area contributed by atoms with Gasteiger partial charge in [0.2, 0.25) is 0 Å². The molecule has 1 aliphatic carbocycles. The van der Waals surface area contributed by atoms with Crippen molar-refractivity contribution in [1.82, 2.24) is 4.98 Å². The van der Waals surface area contributed by atoms with Gasteiger partial charge in [0, 0.05) is 6.20 Å². The van der Waals surface area contributed by atoms with Crippen molar-refractivity contribution in [2.75, 3.05) is 0 Å². The highest BCUT2D eigenvalue weighted by Crippen LogP contribution is 2.43. The summed E-state index contributed by atoms with van der Waals surface area (Å²) in [6.45, 7) is 1.88. The molecule has 2 heterocycles. The Kier molecular flexibility index (Phi) is 3.92. The number of aromatic nitrogens is 1. The SMILES string of the molecule is Cc1ncccc1Oc1sc(C#N)c2c1C(=S)C(=CN)CC2. The van der Waals surface area contributed by atoms with E-state index in [4.69, 9.17) is 22.7 Å². The molecule has 0 radical (unpaired) electrons. The second kappa shape index (κ2) is 5.87. The molecule has 0 saturated carbocycles. The molecule has 0 amide bonds. The van der Waals surface area contributed by atoms with E-state index in [9.17, 15) is 5.26 Å². The molecule has 0 bridgehead atoms. The Morgan fingerprint density at radius 2 is 2.32 bits per heavy atom. The molecule has 0 spiro atoms. The molecule has 2 aromatic rings. The lowest BCUT2D eigenvalue weighted by molar-refractivity contribution is 0.488. The molecule has 2 N–H and O–H groups in total. The van der Waals surface area contributed by atoms with Crippen molar-refractivity contribution in [2.24, 2.45) is 5.73 Å². The molecule has 0 aliphatic heterocycles. The number of pyridine rings is 1. The molecule has 1 aliphatic rings. The number of hydrogen-bond acceptors (Lipinski definition) is 6. The maximum absolute atomic E-state index is 9.35. The van der Waals surface area contributed by atoms with Crippen LogP contribution in [-0.4, -0.2) is 9.85 Å². The summed E-state index contributed by atoms with van der Waals surface area (Å²) < 4.78 is 6.00. The number of aryl methyl sites for hydroxylation is 1. The van der Waals surface area contributed by atoms with Crippen LogP contribution in [0, 0.1) is 18.3 Å². The van der Waals surface area contributed by atoms with Crippen LogP contribution in [0.15, 0.2) is 30.1 Å². The van der Waals surface area contributed by atoms with Crippen LogP contribution in [0.2, 0.25) is 0 Å². The largest absolute Gasteiger partial charge is 0.444 e. The van der Waals surface area contributed by atoms with E-state index in [1.807, 2.05) is 19.1 Å². The van der Waals surface area contributed by atoms with E-state index < -0.39 is 0 Å². The second-order valence-corrected chi connectivity index (χ2v) is 6.29. The normalized spacial score (nSPS) is 15.5. The fourth-order valence-electron chi connectivity index (χ4n) is 2.44. The maximum atomic E-state index is 9.35. The minimum absolute atomic E-state index is 0.645. The molecule has 22 heavy (non-hydrogen) atoms. The molecule has 4 nitrogen and oxygen atoms in total. The fourth-order valence-corrected chi connectivity index (χ4v) is 3.91. The van der Waals surface area contributed by atoms with Crippen LogP contribution in [0.1, 0.15) is 28.1 Å². The Bertz CT molecular complexity index is 830. The van der Waals surface area contributed by atoms with Crippen LogP contribution in [-0.2, 0) is 6.42 Å². The van der Waals surface area contributed by atoms with Crippen molar-refractivity contribution >= 4 is 28.4 Å². The highest BCUT2D eigenvalue weighted by Gasteiger charge is 2.28. The third-order valence-corrected chi connectivity index (χ3v) is 5.08. The maximum Gasteiger partial charge on any atom is 0.191 e. The van der Waals surface area contributed by atoms with E-state index in [1.54, 1.807) is 12.4 Å². The Labute approximate surface area is 137 Å². The van der Waals surface area contributed by atoms with Crippen LogP contribution in [0.3, 0.4) is 0 Å². The van der Waals surface area contributed by atoms with Gasteiger partial charge in [-0.2, -0.15) is 5.26 Å². The summed E-state index contributed by atoms with van der Waals surface area (Å²) in [5.74, 6) is 0.669. The number of nitrogens with zero attached hydrogens (tertiary/aromatic N) is 2. The smallest absolute Gasteiger partial charge is 0.191 e. The Hall–Kier alpha value is -2.23. The zero-order valence-corrected chi connectivity index (χ0v) is 13.6. The number of fused-ring (bicyclic) bond motifs is 1. The van der Waals surface area contributed by atoms with Gasteiger partial charge in [0.15, 0.2) is 5.06 Å². The molecule has 0 aromatic carbocycles. The summed E-state index contributed by atoms with van der Waals surface area (Å²) in [5, 5.41) is 9.99. The summed E-state index contributed by atoms with van der Waals surface area (Å²) >= 11 is 6.86. The Morgan fingerprint density at radius 1 is 1.50 bits per heavy atom. The van der Waals surface area contributed by atoms with Crippen molar-refractivity contribution in [2.45, 2.75) is 19.8 Å². The van der Waals surface area contributed by atoms with Gasteiger partial charge < -0.3 is 10.5 Å².